The summed E-state index contributed by atoms with van der Waals surface area (Å²) in [6.45, 7) is -7.58. The van der Waals surface area contributed by atoms with Crippen LogP contribution in [-0.2, 0) is 20.0 Å². The van der Waals surface area contributed by atoms with Crippen LogP contribution in [0.25, 0.3) is 11.2 Å². The van der Waals surface area contributed by atoms with Crippen LogP contribution >= 0.6 is 0 Å². The largest absolute Gasteiger partial charge is 0.332 e. The molecule has 2 aromatic rings. The van der Waals surface area contributed by atoms with Crippen molar-refractivity contribution in [2.75, 3.05) is 0 Å². The summed E-state index contributed by atoms with van der Waals surface area (Å²) in [4.78, 5) is 29.6. The van der Waals surface area contributed by atoms with Gasteiger partial charge in [0.25, 0.3) is 5.56 Å². The van der Waals surface area contributed by atoms with Gasteiger partial charge in [0.15, 0.2) is 11.2 Å². The highest BCUT2D eigenvalue weighted by Gasteiger charge is 2.17. The van der Waals surface area contributed by atoms with E-state index >= 15 is 0 Å². The topological polar surface area (TPSA) is 61.8 Å². The first-order chi connectivity index (χ1) is 14.6. The van der Waals surface area contributed by atoms with Crippen molar-refractivity contribution in [1.82, 2.24) is 18.7 Å². The smallest absolute Gasteiger partial charge is 0.325 e. The summed E-state index contributed by atoms with van der Waals surface area (Å²) in [5.74, 6) is 0. The Bertz CT molecular complexity index is 1140. The van der Waals surface area contributed by atoms with Crippen molar-refractivity contribution in [1.29, 1.82) is 0 Å². The minimum atomic E-state index is -3.52. The van der Waals surface area contributed by atoms with Crippen LogP contribution in [0.5, 0.6) is 0 Å². The Kier molecular flexibility index (Phi) is 2.40. The summed E-state index contributed by atoms with van der Waals surface area (Å²) < 4.78 is 91.8. The Hall–Kier alpha value is -1.92. The standard InChI is InChI=1S/C16H25FN4O2/c1-5-9-20-11-18-13-12(20)14(22)21(15(23)19(13)4)10-7-6-8-16(2,3)17/h11H,5-10H2,1-4H3/i1D3,4D3,5D2,9D2. The van der Waals surface area contributed by atoms with Crippen molar-refractivity contribution >= 4 is 11.2 Å². The second-order valence-corrected chi connectivity index (χ2v) is 5.77. The molecule has 2 rings (SSSR count). The summed E-state index contributed by atoms with van der Waals surface area (Å²) >= 11 is 0. The number of unbranched alkanes of at least 4 members (excludes halogenated alkanes) is 1. The van der Waals surface area contributed by atoms with E-state index in [0.29, 0.717) is 15.5 Å². The number of nitrogens with zero attached hydrogens (tertiary/aromatic N) is 4. The molecular formula is C16H25FN4O2. The summed E-state index contributed by atoms with van der Waals surface area (Å²) in [6, 6.07) is 0. The Morgan fingerprint density at radius 1 is 1.39 bits per heavy atom. The molecule has 2 heterocycles. The summed E-state index contributed by atoms with van der Waals surface area (Å²) in [6.07, 6.45) is -2.45. The molecule has 7 heteroatoms. The molecule has 0 aliphatic carbocycles. The molecule has 0 spiro atoms. The molecule has 23 heavy (non-hydrogen) atoms. The van der Waals surface area contributed by atoms with Gasteiger partial charge in [-0.1, -0.05) is 6.85 Å². The molecule has 0 unspecified atom stereocenters. The number of alkyl halides is 1. The van der Waals surface area contributed by atoms with Crippen LogP contribution in [0.15, 0.2) is 15.9 Å². The second-order valence-electron chi connectivity index (χ2n) is 5.77. The molecule has 0 aromatic carbocycles. The van der Waals surface area contributed by atoms with E-state index in [1.807, 2.05) is 0 Å². The zero-order valence-corrected chi connectivity index (χ0v) is 12.9. The Morgan fingerprint density at radius 3 is 2.83 bits per heavy atom. The van der Waals surface area contributed by atoms with Crippen molar-refractivity contribution < 1.29 is 18.1 Å². The highest BCUT2D eigenvalue weighted by Crippen LogP contribution is 2.17. The van der Waals surface area contributed by atoms with Gasteiger partial charge in [0, 0.05) is 33.7 Å². The minimum absolute atomic E-state index is 0.108. The lowest BCUT2D eigenvalue weighted by atomic mass is 10.0. The van der Waals surface area contributed by atoms with E-state index in [-0.39, 0.29) is 30.4 Å². The zero-order valence-electron chi connectivity index (χ0n) is 22.9. The third-order valence-electron chi connectivity index (χ3n) is 3.41. The fraction of sp³-hybridized carbons (Fsp3) is 0.688. The van der Waals surface area contributed by atoms with Crippen LogP contribution in [-0.4, -0.2) is 24.4 Å². The number of halogens is 1. The lowest BCUT2D eigenvalue weighted by molar-refractivity contribution is 0.195. The van der Waals surface area contributed by atoms with Crippen LogP contribution in [0, 0.1) is 0 Å². The highest BCUT2D eigenvalue weighted by molar-refractivity contribution is 5.69. The molecule has 2 aromatic heterocycles. The van der Waals surface area contributed by atoms with Crippen molar-refractivity contribution in [3.05, 3.63) is 27.2 Å². The van der Waals surface area contributed by atoms with Gasteiger partial charge in [-0.25, -0.2) is 14.2 Å². The van der Waals surface area contributed by atoms with Gasteiger partial charge < -0.3 is 4.57 Å². The van der Waals surface area contributed by atoms with Crippen molar-refractivity contribution in [2.45, 2.75) is 65.0 Å². The molecule has 0 atom stereocenters. The van der Waals surface area contributed by atoms with Crippen molar-refractivity contribution in [2.24, 2.45) is 6.98 Å². The first kappa shape index (κ1) is 8.26. The number of aromatic nitrogens is 4. The monoisotopic (exact) mass is 334 g/mol. The normalized spacial score (nSPS) is 21.0. The SMILES string of the molecule is [2H]C([2H])([2H])n1c(=O)n(CCCCC(C)(C)F)c(=O)c2c1ncn2C([2H])([2H])C([2H])([2H])C([2H])([2H])[2H]. The fourth-order valence-corrected chi connectivity index (χ4v) is 2.28. The fourth-order valence-electron chi connectivity index (χ4n) is 2.28. The Morgan fingerprint density at radius 2 is 2.17 bits per heavy atom. The molecule has 0 amide bonds. The molecule has 0 N–H and O–H groups in total. The maximum atomic E-state index is 13.7. The van der Waals surface area contributed by atoms with Crippen LogP contribution in [0.3, 0.4) is 0 Å². The number of hydrogen-bond donors (Lipinski definition) is 0. The molecule has 128 valence electrons. The van der Waals surface area contributed by atoms with Crippen LogP contribution in [0.1, 0.15) is 60.0 Å². The number of rotatable bonds is 7. The van der Waals surface area contributed by atoms with E-state index in [0.717, 1.165) is 0 Å². The molecule has 0 saturated carbocycles. The van der Waals surface area contributed by atoms with Gasteiger partial charge in [-0.3, -0.25) is 13.9 Å². The van der Waals surface area contributed by atoms with Gasteiger partial charge in [0.1, 0.15) is 5.67 Å². The highest BCUT2D eigenvalue weighted by atomic mass is 19.1. The predicted octanol–water partition coefficient (Wildman–Crippen LogP) is 2.23. The number of fused-ring (bicyclic) bond motifs is 1. The molecular weight excluding hydrogens is 299 g/mol. The van der Waals surface area contributed by atoms with E-state index in [1.54, 1.807) is 0 Å². The second kappa shape index (κ2) is 6.68. The van der Waals surface area contributed by atoms with Crippen LogP contribution < -0.4 is 11.2 Å². The van der Waals surface area contributed by atoms with Gasteiger partial charge >= 0.3 is 5.69 Å². The molecule has 0 saturated heterocycles. The van der Waals surface area contributed by atoms with E-state index < -0.39 is 54.8 Å². The first-order valence-electron chi connectivity index (χ1n) is 12.1. The number of imidazole rings is 1. The Balaban J connectivity index is 2.79. The molecule has 0 bridgehead atoms. The third-order valence-corrected chi connectivity index (χ3v) is 3.41. The Labute approximate surface area is 148 Å². The lowest BCUT2D eigenvalue weighted by Gasteiger charge is -2.14. The van der Waals surface area contributed by atoms with Gasteiger partial charge in [0.05, 0.1) is 6.33 Å². The molecule has 0 aliphatic heterocycles. The molecule has 0 aliphatic rings. The maximum Gasteiger partial charge on any atom is 0.332 e. The quantitative estimate of drug-likeness (QED) is 0.730. The number of hydrogen-bond acceptors (Lipinski definition) is 3. The molecule has 0 radical (unpaired) electrons. The summed E-state index contributed by atoms with van der Waals surface area (Å²) in [7, 11) is 0. The first-order valence-corrected chi connectivity index (χ1v) is 7.07. The van der Waals surface area contributed by atoms with Crippen molar-refractivity contribution in [3.63, 3.8) is 0 Å². The van der Waals surface area contributed by atoms with Gasteiger partial charge in [0.2, 0.25) is 0 Å². The predicted molar refractivity (Wildman–Crippen MR) is 88.6 cm³/mol. The van der Waals surface area contributed by atoms with Gasteiger partial charge in [-0.15, -0.1) is 0 Å². The van der Waals surface area contributed by atoms with Crippen LogP contribution in [0.2, 0.25) is 0 Å². The van der Waals surface area contributed by atoms with E-state index in [9.17, 15) is 14.0 Å². The third kappa shape index (κ3) is 3.71. The van der Waals surface area contributed by atoms with E-state index in [1.165, 1.54) is 13.8 Å². The maximum absolute atomic E-state index is 13.7. The zero-order chi connectivity index (χ0) is 25.8. The summed E-state index contributed by atoms with van der Waals surface area (Å²) in [5.41, 5.74) is -5.44. The van der Waals surface area contributed by atoms with Gasteiger partial charge in [-0.05, 0) is 39.5 Å². The minimum Gasteiger partial charge on any atom is -0.325 e. The summed E-state index contributed by atoms with van der Waals surface area (Å²) in [5, 5.41) is 0. The molecule has 6 nitrogen and oxygen atoms in total. The van der Waals surface area contributed by atoms with E-state index in [2.05, 4.69) is 4.98 Å². The lowest BCUT2D eigenvalue weighted by Crippen LogP contribution is -2.39. The average Bonchev–Trinajstić information content (AvgIpc) is 3.03. The number of aryl methyl sites for hydroxylation is 2. The average molecular weight is 334 g/mol. The van der Waals surface area contributed by atoms with Crippen LogP contribution in [0.4, 0.5) is 4.39 Å². The van der Waals surface area contributed by atoms with Gasteiger partial charge in [-0.2, -0.15) is 0 Å². The van der Waals surface area contributed by atoms with E-state index in [4.69, 9.17) is 13.7 Å². The molecule has 0 fully saturated rings. The van der Waals surface area contributed by atoms with Crippen molar-refractivity contribution in [3.8, 4) is 0 Å².